The SMILES string of the molecule is C[C@@H](C(=O)NCCCN1CCCC1)C1CCN(C(=O)c2cc3cc(Cl)ccc3[nH]2)CC1. The van der Waals surface area contributed by atoms with Gasteiger partial charge in [-0.3, -0.25) is 9.59 Å². The molecule has 0 radical (unpaired) electrons. The summed E-state index contributed by atoms with van der Waals surface area (Å²) in [6.45, 7) is 7.64. The molecule has 0 spiro atoms. The Balaban J connectivity index is 1.22. The van der Waals surface area contributed by atoms with Crippen LogP contribution in [0.15, 0.2) is 24.3 Å². The largest absolute Gasteiger partial charge is 0.356 e. The number of carbonyl (C=O) groups is 2. The fourth-order valence-electron chi connectivity index (χ4n) is 4.89. The summed E-state index contributed by atoms with van der Waals surface area (Å²) in [4.78, 5) is 33.1. The molecule has 168 valence electrons. The van der Waals surface area contributed by atoms with Gasteiger partial charge in [-0.15, -0.1) is 0 Å². The zero-order chi connectivity index (χ0) is 21.8. The molecule has 0 bridgehead atoms. The van der Waals surface area contributed by atoms with E-state index in [1.54, 1.807) is 0 Å². The average molecular weight is 445 g/mol. The summed E-state index contributed by atoms with van der Waals surface area (Å²) >= 11 is 6.05. The third-order valence-corrected chi connectivity index (χ3v) is 7.14. The third kappa shape index (κ3) is 5.42. The number of carbonyl (C=O) groups excluding carboxylic acids is 2. The van der Waals surface area contributed by atoms with Crippen LogP contribution in [0.2, 0.25) is 5.02 Å². The smallest absolute Gasteiger partial charge is 0.270 e. The van der Waals surface area contributed by atoms with Gasteiger partial charge in [0, 0.05) is 41.5 Å². The van der Waals surface area contributed by atoms with Crippen LogP contribution in [0.1, 0.15) is 49.5 Å². The fourth-order valence-corrected chi connectivity index (χ4v) is 5.07. The lowest BCUT2D eigenvalue weighted by molar-refractivity contribution is -0.126. The number of aromatic amines is 1. The first-order chi connectivity index (χ1) is 15.0. The normalized spacial score (nSPS) is 19.1. The number of aromatic nitrogens is 1. The number of rotatable bonds is 7. The standard InChI is InChI=1S/C24H33ClN4O2/c1-17(23(30)26-9-4-12-28-10-2-3-11-28)18-7-13-29(14-8-18)24(31)22-16-19-15-20(25)5-6-21(19)27-22/h5-6,15-18,27H,2-4,7-14H2,1H3,(H,26,30)/t17-/m1/s1. The lowest BCUT2D eigenvalue weighted by atomic mass is 9.84. The molecule has 2 aliphatic heterocycles. The van der Waals surface area contributed by atoms with E-state index in [2.05, 4.69) is 15.2 Å². The van der Waals surface area contributed by atoms with Crippen LogP contribution in [0.3, 0.4) is 0 Å². The average Bonchev–Trinajstić information content (AvgIpc) is 3.45. The third-order valence-electron chi connectivity index (χ3n) is 6.91. The van der Waals surface area contributed by atoms with Crippen LogP contribution in [0.25, 0.3) is 10.9 Å². The molecule has 0 aliphatic carbocycles. The van der Waals surface area contributed by atoms with Gasteiger partial charge in [0.25, 0.3) is 5.91 Å². The first-order valence-electron chi connectivity index (χ1n) is 11.6. The van der Waals surface area contributed by atoms with E-state index in [0.29, 0.717) is 29.7 Å². The minimum atomic E-state index is -0.0146. The van der Waals surface area contributed by atoms with Crippen LogP contribution in [-0.4, -0.2) is 65.9 Å². The highest BCUT2D eigenvalue weighted by molar-refractivity contribution is 6.31. The Morgan fingerprint density at radius 3 is 2.65 bits per heavy atom. The van der Waals surface area contributed by atoms with Gasteiger partial charge in [-0.1, -0.05) is 18.5 Å². The highest BCUT2D eigenvalue weighted by Crippen LogP contribution is 2.27. The molecule has 2 fully saturated rings. The van der Waals surface area contributed by atoms with Crippen LogP contribution < -0.4 is 5.32 Å². The first-order valence-corrected chi connectivity index (χ1v) is 12.0. The Bertz CT molecular complexity index is 913. The number of benzene rings is 1. The summed E-state index contributed by atoms with van der Waals surface area (Å²) < 4.78 is 0. The van der Waals surface area contributed by atoms with Gasteiger partial charge < -0.3 is 20.1 Å². The van der Waals surface area contributed by atoms with E-state index in [9.17, 15) is 9.59 Å². The Labute approximate surface area is 189 Å². The second-order valence-electron chi connectivity index (χ2n) is 9.03. The molecule has 2 aromatic rings. The first kappa shape index (κ1) is 22.2. The van der Waals surface area contributed by atoms with Gasteiger partial charge in [0.15, 0.2) is 0 Å². The quantitative estimate of drug-likeness (QED) is 0.636. The van der Waals surface area contributed by atoms with Crippen molar-refractivity contribution in [3.05, 3.63) is 35.0 Å². The molecule has 7 heteroatoms. The Morgan fingerprint density at radius 1 is 1.16 bits per heavy atom. The zero-order valence-corrected chi connectivity index (χ0v) is 19.1. The van der Waals surface area contributed by atoms with Crippen LogP contribution in [-0.2, 0) is 4.79 Å². The number of hydrogen-bond donors (Lipinski definition) is 2. The van der Waals surface area contributed by atoms with E-state index >= 15 is 0 Å². The van der Waals surface area contributed by atoms with Crippen LogP contribution in [0, 0.1) is 11.8 Å². The second-order valence-corrected chi connectivity index (χ2v) is 9.46. The summed E-state index contributed by atoms with van der Waals surface area (Å²) in [5, 5.41) is 4.73. The molecule has 0 unspecified atom stereocenters. The molecular formula is C24H33ClN4O2. The summed E-state index contributed by atoms with van der Waals surface area (Å²) in [5.41, 5.74) is 1.51. The topological polar surface area (TPSA) is 68.4 Å². The summed E-state index contributed by atoms with van der Waals surface area (Å²) in [6.07, 6.45) is 5.35. The zero-order valence-electron chi connectivity index (χ0n) is 18.3. The molecule has 2 aliphatic rings. The highest BCUT2D eigenvalue weighted by atomic mass is 35.5. The van der Waals surface area contributed by atoms with Crippen LogP contribution in [0.5, 0.6) is 0 Å². The maximum atomic E-state index is 12.9. The maximum absolute atomic E-state index is 12.9. The number of likely N-dealkylation sites (tertiary alicyclic amines) is 2. The Morgan fingerprint density at radius 2 is 1.90 bits per heavy atom. The number of H-pyrrole nitrogens is 1. The van der Waals surface area contributed by atoms with Gasteiger partial charge in [-0.25, -0.2) is 0 Å². The van der Waals surface area contributed by atoms with Crippen LogP contribution >= 0.6 is 11.6 Å². The summed E-state index contributed by atoms with van der Waals surface area (Å²) in [6, 6.07) is 7.45. The van der Waals surface area contributed by atoms with Gasteiger partial charge in [0.05, 0.1) is 0 Å². The monoisotopic (exact) mass is 444 g/mol. The lowest BCUT2D eigenvalue weighted by Gasteiger charge is -2.34. The van der Waals surface area contributed by atoms with Crippen molar-refractivity contribution in [2.24, 2.45) is 11.8 Å². The number of amides is 2. The van der Waals surface area contributed by atoms with Gasteiger partial charge in [0.1, 0.15) is 5.69 Å². The molecule has 1 aromatic heterocycles. The molecule has 6 nitrogen and oxygen atoms in total. The van der Waals surface area contributed by atoms with Gasteiger partial charge in [-0.05, 0) is 81.9 Å². The molecule has 1 aromatic carbocycles. The molecule has 2 amide bonds. The van der Waals surface area contributed by atoms with Crippen molar-refractivity contribution in [1.82, 2.24) is 20.1 Å². The van der Waals surface area contributed by atoms with Crippen molar-refractivity contribution in [1.29, 1.82) is 0 Å². The van der Waals surface area contributed by atoms with Crippen molar-refractivity contribution in [2.45, 2.75) is 39.0 Å². The second kappa shape index (κ2) is 10.0. The molecule has 31 heavy (non-hydrogen) atoms. The molecule has 4 rings (SSSR count). The van der Waals surface area contributed by atoms with Gasteiger partial charge in [-0.2, -0.15) is 0 Å². The van der Waals surface area contributed by atoms with Crippen molar-refractivity contribution < 1.29 is 9.59 Å². The minimum absolute atomic E-state index is 0.0146. The summed E-state index contributed by atoms with van der Waals surface area (Å²) in [7, 11) is 0. The fraction of sp³-hybridized carbons (Fsp3) is 0.583. The predicted molar refractivity (Wildman–Crippen MR) is 124 cm³/mol. The van der Waals surface area contributed by atoms with E-state index in [-0.39, 0.29) is 17.7 Å². The predicted octanol–water partition coefficient (Wildman–Crippen LogP) is 3.91. The molecule has 3 heterocycles. The van der Waals surface area contributed by atoms with Crippen molar-refractivity contribution in [2.75, 3.05) is 39.3 Å². The van der Waals surface area contributed by atoms with Crippen molar-refractivity contribution in [3.63, 3.8) is 0 Å². The van der Waals surface area contributed by atoms with E-state index < -0.39 is 0 Å². The minimum Gasteiger partial charge on any atom is -0.356 e. The van der Waals surface area contributed by atoms with E-state index in [4.69, 9.17) is 11.6 Å². The Hall–Kier alpha value is -2.05. The van der Waals surface area contributed by atoms with E-state index in [1.165, 1.54) is 25.9 Å². The van der Waals surface area contributed by atoms with E-state index in [1.807, 2.05) is 36.1 Å². The van der Waals surface area contributed by atoms with Crippen LogP contribution in [0.4, 0.5) is 0 Å². The summed E-state index contributed by atoms with van der Waals surface area (Å²) in [5.74, 6) is 0.479. The molecular weight excluding hydrogens is 412 g/mol. The molecule has 2 N–H and O–H groups in total. The number of halogens is 1. The van der Waals surface area contributed by atoms with Crippen molar-refractivity contribution >= 4 is 34.3 Å². The lowest BCUT2D eigenvalue weighted by Crippen LogP contribution is -2.43. The molecule has 0 saturated carbocycles. The molecule has 1 atom stereocenters. The number of fused-ring (bicyclic) bond motifs is 1. The number of nitrogens with zero attached hydrogens (tertiary/aromatic N) is 2. The van der Waals surface area contributed by atoms with Crippen molar-refractivity contribution in [3.8, 4) is 0 Å². The van der Waals surface area contributed by atoms with E-state index in [0.717, 1.165) is 43.3 Å². The van der Waals surface area contributed by atoms with Gasteiger partial charge in [0.2, 0.25) is 5.91 Å². The Kier molecular flexibility index (Phi) is 7.18. The maximum Gasteiger partial charge on any atom is 0.270 e. The number of nitrogens with one attached hydrogen (secondary N) is 2. The number of piperidine rings is 1. The van der Waals surface area contributed by atoms with Gasteiger partial charge >= 0.3 is 0 Å². The highest BCUT2D eigenvalue weighted by Gasteiger charge is 2.30. The molecule has 2 saturated heterocycles. The number of hydrogen-bond acceptors (Lipinski definition) is 3.